The summed E-state index contributed by atoms with van der Waals surface area (Å²) >= 11 is 0. The van der Waals surface area contributed by atoms with Crippen molar-refractivity contribution in [1.29, 1.82) is 0 Å². The predicted octanol–water partition coefficient (Wildman–Crippen LogP) is 1.14. The zero-order valence-corrected chi connectivity index (χ0v) is 11.3. The van der Waals surface area contributed by atoms with Gasteiger partial charge in [0.25, 0.3) is 0 Å². The highest BCUT2D eigenvalue weighted by Crippen LogP contribution is 2.36. The van der Waals surface area contributed by atoms with E-state index in [2.05, 4.69) is 13.2 Å². The smallest absolute Gasteiger partial charge is 0.232 e. The van der Waals surface area contributed by atoms with E-state index in [1.54, 1.807) is 22.0 Å². The first kappa shape index (κ1) is 12.9. The fraction of sp³-hybridized carbons (Fsp3) is 0.375. The average molecular weight is 270 g/mol. The number of hydrogen-bond donors (Lipinski definition) is 0. The molecular weight excluding hydrogens is 252 g/mol. The van der Waals surface area contributed by atoms with Gasteiger partial charge in [0.2, 0.25) is 11.8 Å². The van der Waals surface area contributed by atoms with Gasteiger partial charge in [-0.15, -0.1) is 13.2 Å². The maximum Gasteiger partial charge on any atom is 0.232 e. The van der Waals surface area contributed by atoms with E-state index in [9.17, 15) is 9.59 Å². The Bertz CT molecular complexity index is 487. The Morgan fingerprint density at radius 3 is 1.60 bits per heavy atom. The monoisotopic (exact) mass is 270 g/mol. The summed E-state index contributed by atoms with van der Waals surface area (Å²) in [5.74, 6) is -0.433. The second-order valence-electron chi connectivity index (χ2n) is 5.36. The molecule has 104 valence electrons. The van der Waals surface area contributed by atoms with Crippen molar-refractivity contribution in [1.82, 2.24) is 9.80 Å². The Morgan fingerprint density at radius 2 is 1.25 bits per heavy atom. The van der Waals surface area contributed by atoms with Gasteiger partial charge >= 0.3 is 0 Å². The predicted molar refractivity (Wildman–Crippen MR) is 76.7 cm³/mol. The summed E-state index contributed by atoms with van der Waals surface area (Å²) in [5.41, 5.74) is 0. The van der Waals surface area contributed by atoms with E-state index in [0.29, 0.717) is 13.1 Å². The van der Waals surface area contributed by atoms with Gasteiger partial charge in [0.1, 0.15) is 0 Å². The Labute approximate surface area is 118 Å². The molecule has 4 heteroatoms. The third-order valence-corrected chi connectivity index (χ3v) is 4.27. The van der Waals surface area contributed by atoms with Gasteiger partial charge in [-0.1, -0.05) is 36.5 Å². The first-order chi connectivity index (χ1) is 9.69. The topological polar surface area (TPSA) is 40.6 Å². The van der Waals surface area contributed by atoms with Gasteiger partial charge in [0.05, 0.1) is 23.9 Å². The van der Waals surface area contributed by atoms with E-state index in [-0.39, 0.29) is 35.7 Å². The number of hydrogen-bond acceptors (Lipinski definition) is 2. The van der Waals surface area contributed by atoms with Gasteiger partial charge in [-0.25, -0.2) is 0 Å². The molecule has 6 aliphatic rings. The molecule has 2 amide bonds. The zero-order valence-electron chi connectivity index (χ0n) is 11.3. The molecule has 1 fully saturated rings. The van der Waals surface area contributed by atoms with Crippen LogP contribution < -0.4 is 0 Å². The van der Waals surface area contributed by atoms with Crippen LogP contribution in [0, 0.1) is 11.8 Å². The Morgan fingerprint density at radius 1 is 0.850 bits per heavy atom. The van der Waals surface area contributed by atoms with Gasteiger partial charge in [0.15, 0.2) is 0 Å². The van der Waals surface area contributed by atoms with Crippen LogP contribution in [0.5, 0.6) is 0 Å². The second-order valence-corrected chi connectivity index (χ2v) is 5.36. The molecule has 5 aliphatic heterocycles. The van der Waals surface area contributed by atoms with E-state index in [1.807, 2.05) is 24.3 Å². The summed E-state index contributed by atoms with van der Waals surface area (Å²) in [7, 11) is 0. The van der Waals surface area contributed by atoms with Crippen molar-refractivity contribution in [3.05, 3.63) is 49.6 Å². The number of amides is 2. The van der Waals surface area contributed by atoms with E-state index in [0.717, 1.165) is 0 Å². The quantitative estimate of drug-likeness (QED) is 0.719. The molecule has 0 spiro atoms. The molecule has 20 heavy (non-hydrogen) atoms. The van der Waals surface area contributed by atoms with Crippen molar-refractivity contribution in [2.75, 3.05) is 13.1 Å². The standard InChI is InChI=1S/C16H18N2O2/c1-3-9-17-13-7-5-12(15(17)19)14-8-6-11(13)16(20)18(14)10-4-2/h3-8,11-14H,1-2,9-10H2/t11-,12-,13-,14-/m0/s1. The van der Waals surface area contributed by atoms with Crippen LogP contribution in [0.2, 0.25) is 0 Å². The molecule has 4 bridgehead atoms. The molecular formula is C16H18N2O2. The van der Waals surface area contributed by atoms with Crippen molar-refractivity contribution in [3.8, 4) is 0 Å². The fourth-order valence-corrected chi connectivity index (χ4v) is 3.36. The molecule has 0 aromatic heterocycles. The second kappa shape index (κ2) is 4.78. The van der Waals surface area contributed by atoms with Gasteiger partial charge in [-0.05, 0) is 0 Å². The van der Waals surface area contributed by atoms with Crippen LogP contribution in [0.25, 0.3) is 0 Å². The average Bonchev–Trinajstić information content (AvgIpc) is 2.41. The molecule has 0 aromatic carbocycles. The first-order valence-electron chi connectivity index (χ1n) is 6.88. The number of carbonyl (C=O) groups is 2. The van der Waals surface area contributed by atoms with E-state index in [1.165, 1.54) is 0 Å². The molecule has 4 atom stereocenters. The fourth-order valence-electron chi connectivity index (χ4n) is 3.36. The van der Waals surface area contributed by atoms with Gasteiger partial charge in [0, 0.05) is 13.1 Å². The highest BCUT2D eigenvalue weighted by Gasteiger charge is 2.48. The molecule has 5 heterocycles. The SMILES string of the molecule is C=CCN1C(=O)[C@H]2C=C[C@H]1[C@@H]1C=C[C@@H]2N(CC=C)C1=O. The van der Waals surface area contributed by atoms with Crippen LogP contribution in [0.4, 0.5) is 0 Å². The molecule has 6 rings (SSSR count). The molecule has 1 aliphatic carbocycles. The first-order valence-corrected chi connectivity index (χ1v) is 6.88. The Balaban J connectivity index is 2.06. The van der Waals surface area contributed by atoms with Gasteiger partial charge < -0.3 is 9.80 Å². The van der Waals surface area contributed by atoms with E-state index in [4.69, 9.17) is 0 Å². The Hall–Kier alpha value is -2.10. The highest BCUT2D eigenvalue weighted by molar-refractivity contribution is 5.91. The van der Waals surface area contributed by atoms with Gasteiger partial charge in [-0.2, -0.15) is 0 Å². The van der Waals surface area contributed by atoms with Crippen LogP contribution in [-0.4, -0.2) is 46.8 Å². The summed E-state index contributed by atoms with van der Waals surface area (Å²) < 4.78 is 0. The minimum absolute atomic E-state index is 0.0818. The summed E-state index contributed by atoms with van der Waals surface area (Å²) in [6.07, 6.45) is 11.3. The molecule has 0 saturated carbocycles. The van der Waals surface area contributed by atoms with Gasteiger partial charge in [-0.3, -0.25) is 9.59 Å². The summed E-state index contributed by atoms with van der Waals surface area (Å²) in [6.45, 7) is 8.38. The molecule has 0 radical (unpaired) electrons. The van der Waals surface area contributed by atoms with Crippen molar-refractivity contribution < 1.29 is 9.59 Å². The lowest BCUT2D eigenvalue weighted by Crippen LogP contribution is -2.62. The normalized spacial score (nSPS) is 34.4. The molecule has 1 saturated heterocycles. The number of rotatable bonds is 4. The lowest BCUT2D eigenvalue weighted by atomic mass is 9.78. The van der Waals surface area contributed by atoms with Crippen molar-refractivity contribution in [3.63, 3.8) is 0 Å². The third-order valence-electron chi connectivity index (χ3n) is 4.27. The highest BCUT2D eigenvalue weighted by atomic mass is 16.2. The molecule has 4 nitrogen and oxygen atoms in total. The maximum atomic E-state index is 12.6. The largest absolute Gasteiger partial charge is 0.331 e. The molecule has 0 unspecified atom stereocenters. The van der Waals surface area contributed by atoms with Crippen molar-refractivity contribution in [2.24, 2.45) is 11.8 Å². The summed E-state index contributed by atoms with van der Waals surface area (Å²) in [4.78, 5) is 28.8. The lowest BCUT2D eigenvalue weighted by Gasteiger charge is -2.49. The summed E-state index contributed by atoms with van der Waals surface area (Å²) in [6, 6.07) is -0.400. The number of nitrogens with zero attached hydrogens (tertiary/aromatic N) is 2. The van der Waals surface area contributed by atoms with Crippen LogP contribution in [0.1, 0.15) is 0 Å². The zero-order chi connectivity index (χ0) is 14.3. The van der Waals surface area contributed by atoms with Crippen LogP contribution in [0.3, 0.4) is 0 Å². The third kappa shape index (κ3) is 1.68. The van der Waals surface area contributed by atoms with Crippen LogP contribution >= 0.6 is 0 Å². The Kier molecular flexibility index (Phi) is 3.08. The minimum atomic E-state index is -0.299. The number of carbonyl (C=O) groups excluding carboxylic acids is 2. The van der Waals surface area contributed by atoms with Crippen molar-refractivity contribution in [2.45, 2.75) is 12.1 Å². The van der Waals surface area contributed by atoms with Crippen molar-refractivity contribution >= 4 is 11.8 Å². The maximum absolute atomic E-state index is 12.6. The summed E-state index contributed by atoms with van der Waals surface area (Å²) in [5, 5.41) is 0. The minimum Gasteiger partial charge on any atom is -0.331 e. The van der Waals surface area contributed by atoms with E-state index >= 15 is 0 Å². The molecule has 0 aromatic rings. The van der Waals surface area contributed by atoms with Crippen LogP contribution in [-0.2, 0) is 9.59 Å². The van der Waals surface area contributed by atoms with Crippen LogP contribution in [0.15, 0.2) is 49.6 Å². The molecule has 0 N–H and O–H groups in total. The lowest BCUT2D eigenvalue weighted by molar-refractivity contribution is -0.149. The van der Waals surface area contributed by atoms with E-state index < -0.39 is 0 Å².